The van der Waals surface area contributed by atoms with E-state index in [-0.39, 0.29) is 0 Å². The van der Waals surface area contributed by atoms with Crippen LogP contribution < -0.4 is 4.90 Å². The van der Waals surface area contributed by atoms with Crippen molar-refractivity contribution in [3.05, 3.63) is 279 Å². The standard InChI is InChI=1S/C70H46N2/c1-4-20-48(21-5-1)69-62-33-15-13-30-58(62)59-42-38-50(44-64(59)70(69)49-22-6-2-7-23-49)47-36-40-54(41-37-47)72(68-46-51-24-10-11-27-55(51)57-29-12-14-31-60(57)68)65-34-18-16-28-56(65)52-39-43-67-63(45-52)61-32-17-19-35-66(61)71(67)53-25-8-3-9-26-53/h1-46H. The van der Waals surface area contributed by atoms with Gasteiger partial charge in [-0.2, -0.15) is 0 Å². The molecule has 0 amide bonds. The van der Waals surface area contributed by atoms with Crippen molar-refractivity contribution in [2.45, 2.75) is 0 Å². The number of benzene rings is 13. The highest BCUT2D eigenvalue weighted by atomic mass is 15.1. The van der Waals surface area contributed by atoms with Crippen LogP contribution in [0.25, 0.3) is 115 Å². The molecule has 2 heteroatoms. The molecule has 13 aromatic carbocycles. The van der Waals surface area contributed by atoms with Crippen LogP contribution in [0.1, 0.15) is 0 Å². The number of fused-ring (bicyclic) bond motifs is 9. The van der Waals surface area contributed by atoms with E-state index in [4.69, 9.17) is 0 Å². The van der Waals surface area contributed by atoms with Gasteiger partial charge in [-0.15, -0.1) is 0 Å². The van der Waals surface area contributed by atoms with Gasteiger partial charge in [0.05, 0.1) is 22.4 Å². The quantitative estimate of drug-likeness (QED) is 0.138. The fourth-order valence-electron chi connectivity index (χ4n) is 11.5. The molecule has 72 heavy (non-hydrogen) atoms. The third-order valence-electron chi connectivity index (χ3n) is 14.7. The molecule has 0 unspecified atom stereocenters. The molecular weight excluding hydrogens is 869 g/mol. The molecule has 336 valence electrons. The molecule has 0 spiro atoms. The Bertz CT molecular complexity index is 4360. The van der Waals surface area contributed by atoms with Crippen molar-refractivity contribution < 1.29 is 0 Å². The van der Waals surface area contributed by atoms with Gasteiger partial charge in [0.1, 0.15) is 0 Å². The summed E-state index contributed by atoms with van der Waals surface area (Å²) in [4.78, 5) is 2.48. The van der Waals surface area contributed by atoms with Crippen LogP contribution in [0.3, 0.4) is 0 Å². The van der Waals surface area contributed by atoms with Crippen molar-refractivity contribution in [2.24, 2.45) is 0 Å². The molecule has 14 rings (SSSR count). The Morgan fingerprint density at radius 2 is 0.750 bits per heavy atom. The van der Waals surface area contributed by atoms with E-state index < -0.39 is 0 Å². The second-order valence-electron chi connectivity index (χ2n) is 18.8. The van der Waals surface area contributed by atoms with Crippen LogP contribution in [0, 0.1) is 0 Å². The zero-order chi connectivity index (χ0) is 47.5. The Morgan fingerprint density at radius 3 is 1.49 bits per heavy atom. The highest BCUT2D eigenvalue weighted by molar-refractivity contribution is 6.22. The maximum atomic E-state index is 2.48. The highest BCUT2D eigenvalue weighted by Crippen LogP contribution is 2.48. The Labute approximate surface area is 418 Å². The van der Waals surface area contributed by atoms with Gasteiger partial charge in [-0.1, -0.05) is 218 Å². The van der Waals surface area contributed by atoms with E-state index in [2.05, 4.69) is 289 Å². The van der Waals surface area contributed by atoms with Crippen molar-refractivity contribution in [1.29, 1.82) is 0 Å². The molecule has 0 bridgehead atoms. The summed E-state index contributed by atoms with van der Waals surface area (Å²) in [7, 11) is 0. The van der Waals surface area contributed by atoms with E-state index in [1.54, 1.807) is 0 Å². The van der Waals surface area contributed by atoms with Crippen molar-refractivity contribution in [1.82, 2.24) is 4.57 Å². The number of anilines is 3. The third kappa shape index (κ3) is 6.80. The maximum Gasteiger partial charge on any atom is 0.0546 e. The second-order valence-corrected chi connectivity index (χ2v) is 18.8. The van der Waals surface area contributed by atoms with Crippen LogP contribution in [0.4, 0.5) is 17.1 Å². The largest absolute Gasteiger partial charge is 0.309 e. The van der Waals surface area contributed by atoms with Crippen LogP contribution in [-0.4, -0.2) is 4.57 Å². The highest BCUT2D eigenvalue weighted by Gasteiger charge is 2.23. The number of rotatable bonds is 8. The smallest absolute Gasteiger partial charge is 0.0546 e. The molecule has 2 nitrogen and oxygen atoms in total. The number of aromatic nitrogens is 1. The lowest BCUT2D eigenvalue weighted by Gasteiger charge is -2.30. The third-order valence-corrected chi connectivity index (χ3v) is 14.7. The topological polar surface area (TPSA) is 8.17 Å². The van der Waals surface area contributed by atoms with Gasteiger partial charge in [0.25, 0.3) is 0 Å². The fourth-order valence-corrected chi connectivity index (χ4v) is 11.5. The zero-order valence-electron chi connectivity index (χ0n) is 39.5. The molecule has 1 aromatic heterocycles. The molecule has 0 fully saturated rings. The first-order valence-electron chi connectivity index (χ1n) is 24.8. The Hall–Kier alpha value is -9.50. The average Bonchev–Trinajstić information content (AvgIpc) is 3.79. The maximum absolute atomic E-state index is 2.48. The Balaban J connectivity index is 0.964. The summed E-state index contributed by atoms with van der Waals surface area (Å²) in [5.74, 6) is 0. The van der Waals surface area contributed by atoms with Gasteiger partial charge >= 0.3 is 0 Å². The minimum absolute atomic E-state index is 1.08. The summed E-state index contributed by atoms with van der Waals surface area (Å²) in [5, 5.41) is 12.3. The van der Waals surface area contributed by atoms with Gasteiger partial charge in [0, 0.05) is 33.1 Å². The summed E-state index contributed by atoms with van der Waals surface area (Å²) in [6, 6.07) is 102. The van der Waals surface area contributed by atoms with Gasteiger partial charge in [-0.25, -0.2) is 0 Å². The van der Waals surface area contributed by atoms with Crippen LogP contribution in [-0.2, 0) is 0 Å². The SMILES string of the molecule is c1ccc(-c2c(-c3ccccc3)c3cc(-c4ccc(N(c5ccccc5-c5ccc6c(c5)c5ccccc5n6-c5ccccc5)c5cc6ccccc6c6ccccc56)cc4)ccc3c3ccccc23)cc1. The van der Waals surface area contributed by atoms with E-state index in [0.29, 0.717) is 0 Å². The number of hydrogen-bond acceptors (Lipinski definition) is 1. The first-order chi connectivity index (χ1) is 35.7. The van der Waals surface area contributed by atoms with E-state index in [9.17, 15) is 0 Å². The minimum atomic E-state index is 1.08. The van der Waals surface area contributed by atoms with Crippen molar-refractivity contribution in [3.8, 4) is 50.2 Å². The van der Waals surface area contributed by atoms with Gasteiger partial charge in [0.2, 0.25) is 0 Å². The molecule has 0 aliphatic rings. The van der Waals surface area contributed by atoms with Gasteiger partial charge < -0.3 is 9.47 Å². The van der Waals surface area contributed by atoms with E-state index >= 15 is 0 Å². The monoisotopic (exact) mass is 914 g/mol. The van der Waals surface area contributed by atoms with Crippen LogP contribution >= 0.6 is 0 Å². The van der Waals surface area contributed by atoms with E-state index in [0.717, 1.165) is 39.4 Å². The molecule has 1 heterocycles. The number of nitrogens with zero attached hydrogens (tertiary/aromatic N) is 2. The molecule has 0 saturated heterocycles. The summed E-state index contributed by atoms with van der Waals surface area (Å²) < 4.78 is 2.39. The number of para-hydroxylation sites is 3. The summed E-state index contributed by atoms with van der Waals surface area (Å²) in [6.07, 6.45) is 0. The Morgan fingerprint density at radius 1 is 0.250 bits per heavy atom. The molecule has 0 N–H and O–H groups in total. The molecular formula is C70H46N2. The number of hydrogen-bond donors (Lipinski definition) is 0. The van der Waals surface area contributed by atoms with Crippen molar-refractivity contribution >= 4 is 82.0 Å². The molecule has 0 atom stereocenters. The van der Waals surface area contributed by atoms with Gasteiger partial charge in [-0.05, 0) is 137 Å². The molecule has 0 radical (unpaired) electrons. The summed E-state index contributed by atoms with van der Waals surface area (Å²) in [6.45, 7) is 0. The summed E-state index contributed by atoms with van der Waals surface area (Å²) >= 11 is 0. The van der Waals surface area contributed by atoms with Crippen molar-refractivity contribution in [3.63, 3.8) is 0 Å². The molecule has 14 aromatic rings. The predicted molar refractivity (Wildman–Crippen MR) is 307 cm³/mol. The predicted octanol–water partition coefficient (Wildman–Crippen LogP) is 19.5. The summed E-state index contributed by atoms with van der Waals surface area (Å²) in [5.41, 5.74) is 16.4. The van der Waals surface area contributed by atoms with Crippen LogP contribution in [0.15, 0.2) is 279 Å². The molecule has 0 saturated carbocycles. The van der Waals surface area contributed by atoms with Gasteiger partial charge in [0.15, 0.2) is 0 Å². The van der Waals surface area contributed by atoms with Crippen molar-refractivity contribution in [2.75, 3.05) is 4.90 Å². The molecule has 0 aliphatic heterocycles. The van der Waals surface area contributed by atoms with E-state index in [1.807, 2.05) is 0 Å². The lowest BCUT2D eigenvalue weighted by atomic mass is 9.84. The average molecular weight is 915 g/mol. The van der Waals surface area contributed by atoms with Crippen LogP contribution in [0.2, 0.25) is 0 Å². The van der Waals surface area contributed by atoms with Crippen LogP contribution in [0.5, 0.6) is 0 Å². The normalized spacial score (nSPS) is 11.6. The Kier molecular flexibility index (Phi) is 9.89. The van der Waals surface area contributed by atoms with Gasteiger partial charge in [-0.3, -0.25) is 0 Å². The first-order valence-corrected chi connectivity index (χ1v) is 24.8. The minimum Gasteiger partial charge on any atom is -0.309 e. The lowest BCUT2D eigenvalue weighted by Crippen LogP contribution is -2.12. The van der Waals surface area contributed by atoms with E-state index in [1.165, 1.54) is 92.7 Å². The fraction of sp³-hybridized carbons (Fsp3) is 0. The second kappa shape index (κ2) is 17.2. The lowest BCUT2D eigenvalue weighted by molar-refractivity contribution is 1.18. The molecule has 0 aliphatic carbocycles. The zero-order valence-corrected chi connectivity index (χ0v) is 39.5. The first kappa shape index (κ1) is 41.5.